The molecule has 1 fully saturated rings. The van der Waals surface area contributed by atoms with Crippen LogP contribution in [0.25, 0.3) is 5.69 Å². The van der Waals surface area contributed by atoms with Crippen LogP contribution in [0.3, 0.4) is 0 Å². The van der Waals surface area contributed by atoms with Crippen LogP contribution in [-0.2, 0) is 11.3 Å². The number of hydrogen-bond acceptors (Lipinski definition) is 3. The molecule has 1 saturated heterocycles. The Hall–Kier alpha value is -1.65. The van der Waals surface area contributed by atoms with E-state index in [-0.39, 0.29) is 0 Å². The van der Waals surface area contributed by atoms with Crippen molar-refractivity contribution in [3.05, 3.63) is 48.5 Å². The molecule has 0 N–H and O–H groups in total. The molecule has 2 aromatic rings. The van der Waals surface area contributed by atoms with Gasteiger partial charge in [0.15, 0.2) is 0 Å². The third kappa shape index (κ3) is 3.96. The molecule has 3 rings (SSSR count). The molecule has 2 heterocycles. The number of imidazole rings is 1. The molecule has 0 spiro atoms. The van der Waals surface area contributed by atoms with E-state index in [2.05, 4.69) is 41.1 Å². The van der Waals surface area contributed by atoms with E-state index in [0.29, 0.717) is 0 Å². The standard InChI is InChI=1S/C18H25N3O/c1-2-20(14-17-7-11-22-12-8-17)13-16-3-5-18(6-4-16)21-10-9-19-15-21/h3-6,9-10,15,17H,2,7-8,11-14H2,1H3. The van der Waals surface area contributed by atoms with Crippen molar-refractivity contribution in [3.8, 4) is 5.69 Å². The second-order valence-corrected chi connectivity index (χ2v) is 6.02. The molecule has 1 aliphatic heterocycles. The Labute approximate surface area is 132 Å². The van der Waals surface area contributed by atoms with Crippen LogP contribution in [0.15, 0.2) is 43.0 Å². The monoisotopic (exact) mass is 299 g/mol. The lowest BCUT2D eigenvalue weighted by Gasteiger charge is -2.29. The van der Waals surface area contributed by atoms with E-state index in [4.69, 9.17) is 4.74 Å². The summed E-state index contributed by atoms with van der Waals surface area (Å²) in [5.74, 6) is 0.791. The molecule has 0 atom stereocenters. The molecule has 0 amide bonds. The largest absolute Gasteiger partial charge is 0.381 e. The predicted molar refractivity (Wildman–Crippen MR) is 88.1 cm³/mol. The molecule has 0 aliphatic carbocycles. The lowest BCUT2D eigenvalue weighted by atomic mass is 9.99. The van der Waals surface area contributed by atoms with Crippen LogP contribution >= 0.6 is 0 Å². The maximum absolute atomic E-state index is 5.46. The number of hydrogen-bond donors (Lipinski definition) is 0. The summed E-state index contributed by atoms with van der Waals surface area (Å²) < 4.78 is 7.49. The van der Waals surface area contributed by atoms with E-state index >= 15 is 0 Å². The van der Waals surface area contributed by atoms with Gasteiger partial charge in [0.25, 0.3) is 0 Å². The zero-order valence-electron chi connectivity index (χ0n) is 13.3. The summed E-state index contributed by atoms with van der Waals surface area (Å²) in [6.45, 7) is 7.42. The van der Waals surface area contributed by atoms with Crippen LogP contribution in [0, 0.1) is 5.92 Å². The summed E-state index contributed by atoms with van der Waals surface area (Å²) >= 11 is 0. The van der Waals surface area contributed by atoms with E-state index in [1.807, 2.05) is 17.1 Å². The highest BCUT2D eigenvalue weighted by Gasteiger charge is 2.16. The smallest absolute Gasteiger partial charge is 0.0991 e. The Morgan fingerprint density at radius 2 is 2.00 bits per heavy atom. The molecule has 4 heteroatoms. The van der Waals surface area contributed by atoms with Crippen LogP contribution in [-0.4, -0.2) is 40.8 Å². The summed E-state index contributed by atoms with van der Waals surface area (Å²) in [6.07, 6.45) is 8.02. The van der Waals surface area contributed by atoms with Gasteiger partial charge >= 0.3 is 0 Å². The van der Waals surface area contributed by atoms with Gasteiger partial charge in [-0.2, -0.15) is 0 Å². The van der Waals surface area contributed by atoms with Gasteiger partial charge in [0.1, 0.15) is 0 Å². The Morgan fingerprint density at radius 1 is 1.23 bits per heavy atom. The zero-order chi connectivity index (χ0) is 15.2. The molecule has 1 aliphatic rings. The summed E-state index contributed by atoms with van der Waals surface area (Å²) in [6, 6.07) is 8.78. The second-order valence-electron chi connectivity index (χ2n) is 6.02. The molecular formula is C18H25N3O. The average molecular weight is 299 g/mol. The van der Waals surface area contributed by atoms with Gasteiger partial charge in [0, 0.05) is 44.4 Å². The van der Waals surface area contributed by atoms with Crippen LogP contribution in [0.5, 0.6) is 0 Å². The summed E-state index contributed by atoms with van der Waals surface area (Å²) in [7, 11) is 0. The Kier molecular flexibility index (Phi) is 5.24. The number of rotatable bonds is 6. The first kappa shape index (κ1) is 15.3. The van der Waals surface area contributed by atoms with Crippen molar-refractivity contribution < 1.29 is 4.74 Å². The molecule has 0 bridgehead atoms. The third-order valence-corrected chi connectivity index (χ3v) is 4.45. The maximum atomic E-state index is 5.46. The van der Waals surface area contributed by atoms with Gasteiger partial charge in [-0.3, -0.25) is 4.90 Å². The normalized spacial score (nSPS) is 16.3. The minimum absolute atomic E-state index is 0.791. The van der Waals surface area contributed by atoms with E-state index in [9.17, 15) is 0 Å². The second kappa shape index (κ2) is 7.56. The fraction of sp³-hybridized carbons (Fsp3) is 0.500. The van der Waals surface area contributed by atoms with Crippen molar-refractivity contribution in [1.29, 1.82) is 0 Å². The van der Waals surface area contributed by atoms with Crippen molar-refractivity contribution in [2.24, 2.45) is 5.92 Å². The first-order valence-electron chi connectivity index (χ1n) is 8.22. The Morgan fingerprint density at radius 3 is 2.64 bits per heavy atom. The van der Waals surface area contributed by atoms with Crippen LogP contribution in [0.2, 0.25) is 0 Å². The van der Waals surface area contributed by atoms with Gasteiger partial charge in [-0.15, -0.1) is 0 Å². The molecule has 1 aromatic carbocycles. The molecule has 4 nitrogen and oxygen atoms in total. The highest BCUT2D eigenvalue weighted by molar-refractivity contribution is 5.34. The summed E-state index contributed by atoms with van der Waals surface area (Å²) in [5, 5.41) is 0. The van der Waals surface area contributed by atoms with Crippen LogP contribution in [0.1, 0.15) is 25.3 Å². The molecule has 118 valence electrons. The van der Waals surface area contributed by atoms with E-state index in [0.717, 1.165) is 37.9 Å². The van der Waals surface area contributed by atoms with E-state index in [1.165, 1.54) is 24.9 Å². The fourth-order valence-electron chi connectivity index (χ4n) is 3.04. The Balaban J connectivity index is 1.58. The summed E-state index contributed by atoms with van der Waals surface area (Å²) in [4.78, 5) is 6.64. The van der Waals surface area contributed by atoms with Crippen molar-refractivity contribution in [2.45, 2.75) is 26.3 Å². The van der Waals surface area contributed by atoms with Gasteiger partial charge in [0.2, 0.25) is 0 Å². The van der Waals surface area contributed by atoms with Crippen LogP contribution in [0.4, 0.5) is 0 Å². The van der Waals surface area contributed by atoms with Gasteiger partial charge < -0.3 is 9.30 Å². The first-order valence-corrected chi connectivity index (χ1v) is 8.22. The predicted octanol–water partition coefficient (Wildman–Crippen LogP) is 3.12. The van der Waals surface area contributed by atoms with Crippen molar-refractivity contribution in [1.82, 2.24) is 14.5 Å². The lowest BCUT2D eigenvalue weighted by Crippen LogP contribution is -2.32. The van der Waals surface area contributed by atoms with Gasteiger partial charge in [-0.25, -0.2) is 4.98 Å². The summed E-state index contributed by atoms with van der Waals surface area (Å²) in [5.41, 5.74) is 2.53. The maximum Gasteiger partial charge on any atom is 0.0991 e. The Bertz CT molecular complexity index is 544. The topological polar surface area (TPSA) is 30.3 Å². The van der Waals surface area contributed by atoms with Crippen molar-refractivity contribution in [3.63, 3.8) is 0 Å². The van der Waals surface area contributed by atoms with E-state index in [1.54, 1.807) is 6.20 Å². The quantitative estimate of drug-likeness (QED) is 0.821. The van der Waals surface area contributed by atoms with Crippen molar-refractivity contribution >= 4 is 0 Å². The van der Waals surface area contributed by atoms with Gasteiger partial charge in [-0.1, -0.05) is 19.1 Å². The number of benzene rings is 1. The average Bonchev–Trinajstić information content (AvgIpc) is 3.10. The minimum atomic E-state index is 0.791. The SMILES string of the molecule is CCN(Cc1ccc(-n2ccnc2)cc1)CC1CCOCC1. The number of ether oxygens (including phenoxy) is 1. The third-order valence-electron chi connectivity index (χ3n) is 4.45. The van der Waals surface area contributed by atoms with Gasteiger partial charge in [0.05, 0.1) is 6.33 Å². The minimum Gasteiger partial charge on any atom is -0.381 e. The number of nitrogens with zero attached hydrogens (tertiary/aromatic N) is 3. The molecule has 22 heavy (non-hydrogen) atoms. The molecule has 1 aromatic heterocycles. The van der Waals surface area contributed by atoms with Crippen LogP contribution < -0.4 is 0 Å². The van der Waals surface area contributed by atoms with Gasteiger partial charge in [-0.05, 0) is 43.0 Å². The molecule has 0 unspecified atom stereocenters. The highest BCUT2D eigenvalue weighted by Crippen LogP contribution is 2.18. The molecule has 0 radical (unpaired) electrons. The first-order chi connectivity index (χ1) is 10.8. The number of aromatic nitrogens is 2. The lowest BCUT2D eigenvalue weighted by molar-refractivity contribution is 0.0521. The van der Waals surface area contributed by atoms with Crippen molar-refractivity contribution in [2.75, 3.05) is 26.3 Å². The zero-order valence-corrected chi connectivity index (χ0v) is 13.3. The highest BCUT2D eigenvalue weighted by atomic mass is 16.5. The fourth-order valence-corrected chi connectivity index (χ4v) is 3.04. The molecule has 0 saturated carbocycles. The van der Waals surface area contributed by atoms with E-state index < -0.39 is 0 Å². The molecular weight excluding hydrogens is 274 g/mol.